The van der Waals surface area contributed by atoms with Gasteiger partial charge >= 0.3 is 0 Å². The molecule has 4 aromatic carbocycles. The quantitative estimate of drug-likeness (QED) is 0.137. The Balaban J connectivity index is 1.18. The van der Waals surface area contributed by atoms with Gasteiger partial charge < -0.3 is 8.83 Å². The molecule has 6 aromatic rings. The summed E-state index contributed by atoms with van der Waals surface area (Å²) in [4.78, 5) is 9.69. The van der Waals surface area contributed by atoms with Gasteiger partial charge in [0.1, 0.15) is 11.4 Å². The van der Waals surface area contributed by atoms with Crippen LogP contribution in [0.1, 0.15) is 0 Å². The number of benzene rings is 4. The van der Waals surface area contributed by atoms with Crippen LogP contribution in [0.25, 0.3) is 45.2 Å². The molecule has 0 fully saturated rings. The van der Waals surface area contributed by atoms with E-state index in [-0.39, 0.29) is 0 Å². The van der Waals surface area contributed by atoms with Gasteiger partial charge in [0.05, 0.1) is 0 Å². The van der Waals surface area contributed by atoms with E-state index in [1.807, 2.05) is 72.8 Å². The Bertz CT molecular complexity index is 1360. The van der Waals surface area contributed by atoms with Crippen LogP contribution < -0.4 is 0 Å². The first-order chi connectivity index (χ1) is 18.8. The number of rotatable bonds is 9. The molecule has 0 unspecified atom stereocenters. The number of hydrogen-bond donors (Lipinski definition) is 0. The topological polar surface area (TPSA) is 52.1 Å². The number of oxazole rings is 2. The zero-order valence-corrected chi connectivity index (χ0v) is 22.1. The highest BCUT2D eigenvalue weighted by Gasteiger charge is 2.19. The summed E-state index contributed by atoms with van der Waals surface area (Å²) < 4.78 is 12.5. The van der Waals surface area contributed by atoms with E-state index in [0.29, 0.717) is 10.4 Å². The molecule has 2 heterocycles. The Morgan fingerprint density at radius 1 is 0.421 bits per heavy atom. The highest BCUT2D eigenvalue weighted by atomic mass is 32.2. The van der Waals surface area contributed by atoms with Crippen molar-refractivity contribution < 1.29 is 8.83 Å². The van der Waals surface area contributed by atoms with Gasteiger partial charge in [0.25, 0.3) is 10.4 Å². The summed E-state index contributed by atoms with van der Waals surface area (Å²) in [6, 6.07) is 40.6. The van der Waals surface area contributed by atoms with Crippen LogP contribution in [0.5, 0.6) is 0 Å². The van der Waals surface area contributed by atoms with Crippen molar-refractivity contribution in [2.24, 2.45) is 0 Å². The lowest BCUT2D eigenvalue weighted by Gasteiger charge is -2.00. The molecule has 4 nitrogen and oxygen atoms in total. The van der Waals surface area contributed by atoms with Gasteiger partial charge in [0.2, 0.25) is 0 Å². The number of thioether (sulfide) groups is 2. The Morgan fingerprint density at radius 3 is 1.08 bits per heavy atom. The Morgan fingerprint density at radius 2 is 0.737 bits per heavy atom. The first-order valence-electron chi connectivity index (χ1n) is 12.3. The predicted molar refractivity (Wildman–Crippen MR) is 156 cm³/mol. The SMILES string of the molecule is c1ccc(-c2nc(SCCSc3nc(-c4ccccc4)c(-c4ccccc4)o3)oc2-c2ccccc2)cc1. The molecule has 0 radical (unpaired) electrons. The van der Waals surface area contributed by atoms with Gasteiger partial charge in [-0.3, -0.25) is 0 Å². The fraction of sp³-hybridized carbons (Fsp3) is 0.0625. The lowest BCUT2D eigenvalue weighted by molar-refractivity contribution is 0.465. The maximum absolute atomic E-state index is 6.25. The summed E-state index contributed by atoms with van der Waals surface area (Å²) in [5.41, 5.74) is 5.83. The molecule has 0 saturated heterocycles. The van der Waals surface area contributed by atoms with Gasteiger partial charge in [-0.2, -0.15) is 0 Å². The molecule has 0 N–H and O–H groups in total. The first-order valence-corrected chi connectivity index (χ1v) is 14.3. The Labute approximate surface area is 230 Å². The van der Waals surface area contributed by atoms with E-state index in [0.717, 1.165) is 56.7 Å². The van der Waals surface area contributed by atoms with Crippen LogP contribution in [-0.4, -0.2) is 21.5 Å². The van der Waals surface area contributed by atoms with Crippen LogP contribution in [0.2, 0.25) is 0 Å². The second kappa shape index (κ2) is 11.6. The van der Waals surface area contributed by atoms with Crippen LogP contribution in [0.3, 0.4) is 0 Å². The second-order valence-corrected chi connectivity index (χ2v) is 10.6. The van der Waals surface area contributed by atoms with Crippen molar-refractivity contribution in [2.45, 2.75) is 10.4 Å². The standard InChI is InChI=1S/C32H24N2O2S2/c1-5-13-23(14-6-1)27-29(25-17-9-3-10-18-25)35-31(33-27)37-21-22-38-32-34-28(24-15-7-2-8-16-24)30(36-32)26-19-11-4-12-20-26/h1-20H,21-22H2. The van der Waals surface area contributed by atoms with Crippen LogP contribution in [0, 0.1) is 0 Å². The zero-order valence-electron chi connectivity index (χ0n) is 20.5. The van der Waals surface area contributed by atoms with E-state index in [4.69, 9.17) is 18.8 Å². The van der Waals surface area contributed by atoms with Gasteiger partial charge in [-0.05, 0) is 0 Å². The normalized spacial score (nSPS) is 11.1. The highest BCUT2D eigenvalue weighted by molar-refractivity contribution is 8.02. The minimum atomic E-state index is 0.658. The van der Waals surface area contributed by atoms with E-state index >= 15 is 0 Å². The Hall–Kier alpha value is -4.00. The molecule has 6 heteroatoms. The summed E-state index contributed by atoms with van der Waals surface area (Å²) in [7, 11) is 0. The summed E-state index contributed by atoms with van der Waals surface area (Å²) in [6.07, 6.45) is 0. The summed E-state index contributed by atoms with van der Waals surface area (Å²) in [5.74, 6) is 3.19. The van der Waals surface area contributed by atoms with Crippen molar-refractivity contribution >= 4 is 23.5 Å². The smallest absolute Gasteiger partial charge is 0.256 e. The van der Waals surface area contributed by atoms with E-state index in [9.17, 15) is 0 Å². The van der Waals surface area contributed by atoms with Crippen LogP contribution >= 0.6 is 23.5 Å². The lowest BCUT2D eigenvalue weighted by atomic mass is 10.1. The lowest BCUT2D eigenvalue weighted by Crippen LogP contribution is -1.85. The van der Waals surface area contributed by atoms with Crippen LogP contribution in [0.4, 0.5) is 0 Å². The van der Waals surface area contributed by atoms with Crippen molar-refractivity contribution in [3.8, 4) is 45.2 Å². The molecule has 0 spiro atoms. The third-order valence-corrected chi connectivity index (χ3v) is 7.83. The molecule has 0 amide bonds. The first kappa shape index (κ1) is 24.3. The molecule has 0 saturated carbocycles. The van der Waals surface area contributed by atoms with Gasteiger partial charge in [-0.15, -0.1) is 0 Å². The monoisotopic (exact) mass is 532 g/mol. The molecular formula is C32H24N2O2S2. The maximum Gasteiger partial charge on any atom is 0.256 e. The van der Waals surface area contributed by atoms with Crippen molar-refractivity contribution in [1.29, 1.82) is 0 Å². The average molecular weight is 533 g/mol. The summed E-state index contributed by atoms with van der Waals surface area (Å²) in [5, 5.41) is 1.32. The molecule has 2 aromatic heterocycles. The van der Waals surface area contributed by atoms with Crippen molar-refractivity contribution in [1.82, 2.24) is 9.97 Å². The highest BCUT2D eigenvalue weighted by Crippen LogP contribution is 2.38. The van der Waals surface area contributed by atoms with Crippen molar-refractivity contribution in [2.75, 3.05) is 11.5 Å². The molecular weight excluding hydrogens is 508 g/mol. The molecule has 0 aliphatic carbocycles. The largest absolute Gasteiger partial charge is 0.431 e. The van der Waals surface area contributed by atoms with E-state index in [2.05, 4.69) is 48.5 Å². The molecule has 186 valence electrons. The van der Waals surface area contributed by atoms with Gasteiger partial charge in [-0.25, -0.2) is 9.97 Å². The molecule has 0 atom stereocenters. The molecule has 0 aliphatic heterocycles. The minimum absolute atomic E-state index is 0.658. The number of aromatic nitrogens is 2. The fourth-order valence-corrected chi connectivity index (χ4v) is 5.75. The van der Waals surface area contributed by atoms with Crippen molar-refractivity contribution in [3.05, 3.63) is 121 Å². The fourth-order valence-electron chi connectivity index (χ4n) is 4.14. The number of hydrogen-bond acceptors (Lipinski definition) is 6. The van der Waals surface area contributed by atoms with E-state index < -0.39 is 0 Å². The van der Waals surface area contributed by atoms with Gasteiger partial charge in [0.15, 0.2) is 11.5 Å². The van der Waals surface area contributed by atoms with Crippen LogP contribution in [0.15, 0.2) is 141 Å². The molecule has 6 rings (SSSR count). The molecule has 0 aliphatic rings. The van der Waals surface area contributed by atoms with E-state index in [1.165, 1.54) is 0 Å². The average Bonchev–Trinajstić information content (AvgIpc) is 3.62. The second-order valence-electron chi connectivity index (χ2n) is 8.48. The minimum Gasteiger partial charge on any atom is -0.431 e. The van der Waals surface area contributed by atoms with Gasteiger partial charge in [-0.1, -0.05) is 145 Å². The van der Waals surface area contributed by atoms with Crippen LogP contribution in [-0.2, 0) is 0 Å². The Kier molecular flexibility index (Phi) is 7.42. The predicted octanol–water partition coefficient (Wildman–Crippen LogP) is 9.21. The third kappa shape index (κ3) is 5.47. The maximum atomic E-state index is 6.25. The third-order valence-electron chi connectivity index (χ3n) is 5.92. The van der Waals surface area contributed by atoms with Crippen molar-refractivity contribution in [3.63, 3.8) is 0 Å². The zero-order chi connectivity index (χ0) is 25.6. The van der Waals surface area contributed by atoms with E-state index in [1.54, 1.807) is 23.5 Å². The van der Waals surface area contributed by atoms with Gasteiger partial charge in [0, 0.05) is 33.8 Å². The molecule has 0 bridgehead atoms. The number of nitrogens with zero attached hydrogens (tertiary/aromatic N) is 2. The molecule has 38 heavy (non-hydrogen) atoms. The summed E-state index contributed by atoms with van der Waals surface area (Å²) >= 11 is 3.20. The summed E-state index contributed by atoms with van der Waals surface area (Å²) in [6.45, 7) is 0.